The molecule has 15 heavy (non-hydrogen) atoms. The smallest absolute Gasteiger partial charge is 0.321 e. The first-order valence-electron chi connectivity index (χ1n) is 4.24. The van der Waals surface area contributed by atoms with Crippen molar-refractivity contribution in [3.63, 3.8) is 0 Å². The molecule has 0 aromatic carbocycles. The Balaban J connectivity index is 2.22. The average molecular weight is 248 g/mol. The van der Waals surface area contributed by atoms with Gasteiger partial charge in [-0.3, -0.25) is 10.1 Å². The lowest BCUT2D eigenvalue weighted by Gasteiger charge is -2.03. The summed E-state index contributed by atoms with van der Waals surface area (Å²) in [6.07, 6.45) is 1.78. The van der Waals surface area contributed by atoms with Crippen LogP contribution in [0.5, 0.6) is 0 Å². The molecule has 0 atom stereocenters. The molecule has 0 aliphatic carbocycles. The fraction of sp³-hybridized carbons (Fsp3) is 0.375. The number of carbonyl (C=O) groups excluding carboxylic acids is 2. The van der Waals surface area contributed by atoms with Crippen molar-refractivity contribution in [3.8, 4) is 0 Å². The number of halogens is 1. The first kappa shape index (κ1) is 11.9. The van der Waals surface area contributed by atoms with Crippen molar-refractivity contribution in [2.24, 2.45) is 0 Å². The third kappa shape index (κ3) is 4.75. The van der Waals surface area contributed by atoms with Gasteiger partial charge in [0, 0.05) is 23.9 Å². The van der Waals surface area contributed by atoms with E-state index in [4.69, 9.17) is 11.6 Å². The molecule has 1 heterocycles. The molecule has 5 nitrogen and oxygen atoms in total. The van der Waals surface area contributed by atoms with E-state index in [1.807, 2.05) is 5.38 Å². The van der Waals surface area contributed by atoms with Crippen LogP contribution in [0.1, 0.15) is 11.4 Å². The van der Waals surface area contributed by atoms with Crippen molar-refractivity contribution >= 4 is 34.9 Å². The monoisotopic (exact) mass is 247 g/mol. The Morgan fingerprint density at radius 3 is 2.93 bits per heavy atom. The Kier molecular flexibility index (Phi) is 5.06. The van der Waals surface area contributed by atoms with E-state index in [0.717, 1.165) is 5.01 Å². The summed E-state index contributed by atoms with van der Waals surface area (Å²) in [7, 11) is 0. The van der Waals surface area contributed by atoms with Gasteiger partial charge in [0.2, 0.25) is 5.91 Å². The van der Waals surface area contributed by atoms with Crippen LogP contribution in [0.15, 0.2) is 11.6 Å². The quantitative estimate of drug-likeness (QED) is 0.783. The van der Waals surface area contributed by atoms with E-state index < -0.39 is 6.03 Å². The minimum Gasteiger partial charge on any atom is -0.331 e. The molecule has 7 heteroatoms. The van der Waals surface area contributed by atoms with Crippen LogP contribution in [-0.4, -0.2) is 22.8 Å². The number of rotatable bonds is 4. The molecule has 0 aliphatic rings. The lowest BCUT2D eigenvalue weighted by Crippen LogP contribution is -2.39. The van der Waals surface area contributed by atoms with Crippen LogP contribution in [0.3, 0.4) is 0 Å². The van der Waals surface area contributed by atoms with E-state index in [0.29, 0.717) is 6.54 Å². The highest BCUT2D eigenvalue weighted by molar-refractivity contribution is 7.09. The van der Waals surface area contributed by atoms with Crippen LogP contribution in [0.25, 0.3) is 0 Å². The molecule has 1 aromatic rings. The number of urea groups is 1. The summed E-state index contributed by atoms with van der Waals surface area (Å²) in [5.74, 6) is -0.187. The van der Waals surface area contributed by atoms with Crippen molar-refractivity contribution in [2.75, 3.05) is 5.88 Å². The van der Waals surface area contributed by atoms with Gasteiger partial charge in [0.15, 0.2) is 0 Å². The number of carbonyl (C=O) groups is 2. The summed E-state index contributed by atoms with van der Waals surface area (Å²) in [6, 6.07) is -0.527. The molecule has 2 N–H and O–H groups in total. The zero-order valence-electron chi connectivity index (χ0n) is 7.83. The number of imide groups is 1. The maximum Gasteiger partial charge on any atom is 0.321 e. The summed E-state index contributed by atoms with van der Waals surface area (Å²) in [5, 5.41) is 7.26. The molecule has 1 aromatic heterocycles. The van der Waals surface area contributed by atoms with Crippen LogP contribution >= 0.6 is 22.9 Å². The number of amides is 3. The van der Waals surface area contributed by atoms with Crippen molar-refractivity contribution in [1.29, 1.82) is 0 Å². The molecule has 0 radical (unpaired) electrons. The fourth-order valence-corrected chi connectivity index (χ4v) is 1.54. The minimum absolute atomic E-state index is 0.131. The van der Waals surface area contributed by atoms with E-state index in [1.165, 1.54) is 11.3 Å². The second-order valence-electron chi connectivity index (χ2n) is 2.60. The number of nitrogens with zero attached hydrogens (tertiary/aromatic N) is 1. The second-order valence-corrected chi connectivity index (χ2v) is 3.95. The van der Waals surface area contributed by atoms with E-state index >= 15 is 0 Å². The Bertz CT molecular complexity index is 329. The molecular weight excluding hydrogens is 238 g/mol. The molecule has 0 spiro atoms. The third-order valence-electron chi connectivity index (χ3n) is 1.46. The molecule has 0 unspecified atom stereocenters. The highest BCUT2D eigenvalue weighted by Gasteiger charge is 2.06. The van der Waals surface area contributed by atoms with Gasteiger partial charge >= 0.3 is 6.03 Å². The van der Waals surface area contributed by atoms with Gasteiger partial charge in [-0.05, 0) is 0 Å². The zero-order valence-corrected chi connectivity index (χ0v) is 9.40. The van der Waals surface area contributed by atoms with Gasteiger partial charge < -0.3 is 5.32 Å². The van der Waals surface area contributed by atoms with E-state index in [9.17, 15) is 9.59 Å². The number of thiazole rings is 1. The third-order valence-corrected chi connectivity index (χ3v) is 2.43. The van der Waals surface area contributed by atoms with Crippen molar-refractivity contribution < 1.29 is 9.59 Å². The van der Waals surface area contributed by atoms with Crippen LogP contribution in [0, 0.1) is 0 Å². The van der Waals surface area contributed by atoms with Gasteiger partial charge in [-0.25, -0.2) is 9.78 Å². The Hall–Kier alpha value is -1.14. The number of nitrogens with one attached hydrogen (secondary N) is 2. The Labute approximate surface area is 95.8 Å². The predicted octanol–water partition coefficient (Wildman–Crippen LogP) is 1.10. The van der Waals surface area contributed by atoms with Crippen LogP contribution < -0.4 is 10.6 Å². The van der Waals surface area contributed by atoms with Crippen molar-refractivity contribution in [1.82, 2.24) is 15.6 Å². The minimum atomic E-state index is -0.527. The molecule has 0 bridgehead atoms. The number of alkyl halides is 1. The van der Waals surface area contributed by atoms with Gasteiger partial charge in [-0.2, -0.15) is 0 Å². The molecule has 0 fully saturated rings. The van der Waals surface area contributed by atoms with Gasteiger partial charge in [-0.15, -0.1) is 22.9 Å². The van der Waals surface area contributed by atoms with E-state index in [1.54, 1.807) is 6.20 Å². The first-order chi connectivity index (χ1) is 7.22. The topological polar surface area (TPSA) is 71.1 Å². The number of aromatic nitrogens is 1. The molecule has 3 amide bonds. The molecule has 0 aliphatic heterocycles. The molecule has 0 saturated heterocycles. The van der Waals surface area contributed by atoms with E-state index in [-0.39, 0.29) is 18.2 Å². The molecule has 0 saturated carbocycles. The molecule has 1 rings (SSSR count). The van der Waals surface area contributed by atoms with Crippen molar-refractivity contribution in [3.05, 3.63) is 16.6 Å². The largest absolute Gasteiger partial charge is 0.331 e. The van der Waals surface area contributed by atoms with Gasteiger partial charge in [0.25, 0.3) is 0 Å². The molecular formula is C8H10ClN3O2S. The fourth-order valence-electron chi connectivity index (χ4n) is 0.815. The Morgan fingerprint density at radius 1 is 1.53 bits per heavy atom. The summed E-state index contributed by atoms with van der Waals surface area (Å²) >= 11 is 6.77. The summed E-state index contributed by atoms with van der Waals surface area (Å²) in [6.45, 7) is 0.317. The lowest BCUT2D eigenvalue weighted by molar-refractivity contribution is -0.119. The first-order valence-corrected chi connectivity index (χ1v) is 5.66. The SMILES string of the molecule is O=C(CCCl)NC(=O)NCc1nccs1. The van der Waals surface area contributed by atoms with Crippen LogP contribution in [0.2, 0.25) is 0 Å². The average Bonchev–Trinajstić information content (AvgIpc) is 2.67. The van der Waals surface area contributed by atoms with E-state index in [2.05, 4.69) is 15.6 Å². The maximum atomic E-state index is 11.1. The van der Waals surface area contributed by atoms with Crippen molar-refractivity contribution in [2.45, 2.75) is 13.0 Å². The van der Waals surface area contributed by atoms with Gasteiger partial charge in [0.05, 0.1) is 6.54 Å². The lowest BCUT2D eigenvalue weighted by atomic mass is 10.4. The Morgan fingerprint density at radius 2 is 2.33 bits per heavy atom. The highest BCUT2D eigenvalue weighted by Crippen LogP contribution is 2.02. The maximum absolute atomic E-state index is 11.1. The number of hydrogen-bond donors (Lipinski definition) is 2. The van der Waals surface area contributed by atoms with Gasteiger partial charge in [0.1, 0.15) is 5.01 Å². The predicted molar refractivity (Wildman–Crippen MR) is 57.8 cm³/mol. The summed E-state index contributed by atoms with van der Waals surface area (Å²) in [5.41, 5.74) is 0. The normalized spacial score (nSPS) is 9.67. The molecule has 82 valence electrons. The van der Waals surface area contributed by atoms with Gasteiger partial charge in [-0.1, -0.05) is 0 Å². The summed E-state index contributed by atoms with van der Waals surface area (Å²) in [4.78, 5) is 26.0. The standard InChI is InChI=1S/C8H10ClN3O2S/c9-2-1-6(13)12-8(14)11-5-7-10-3-4-15-7/h3-4H,1-2,5H2,(H2,11,12,13,14). The second kappa shape index (κ2) is 6.36. The number of hydrogen-bond acceptors (Lipinski definition) is 4. The van der Waals surface area contributed by atoms with Crippen LogP contribution in [0.4, 0.5) is 4.79 Å². The van der Waals surface area contributed by atoms with Crippen LogP contribution in [-0.2, 0) is 11.3 Å². The highest BCUT2D eigenvalue weighted by atomic mass is 35.5. The zero-order chi connectivity index (χ0) is 11.1. The summed E-state index contributed by atoms with van der Waals surface area (Å²) < 4.78 is 0.